The Bertz CT molecular complexity index is 719. The first-order valence-electron chi connectivity index (χ1n) is 8.48. The summed E-state index contributed by atoms with van der Waals surface area (Å²) < 4.78 is 7.98. The molecule has 23 heavy (non-hydrogen) atoms. The van der Waals surface area contributed by atoms with Gasteiger partial charge in [-0.2, -0.15) is 5.10 Å². The van der Waals surface area contributed by atoms with Crippen LogP contribution >= 0.6 is 11.6 Å². The van der Waals surface area contributed by atoms with Crippen LogP contribution in [0.25, 0.3) is 5.69 Å². The van der Waals surface area contributed by atoms with E-state index in [1.54, 1.807) is 0 Å². The fraction of sp³-hybridized carbons (Fsp3) is 0.500. The Morgan fingerprint density at radius 1 is 1.30 bits per heavy atom. The fourth-order valence-electron chi connectivity index (χ4n) is 3.61. The third-order valence-corrected chi connectivity index (χ3v) is 5.02. The molecule has 2 aliphatic rings. The summed E-state index contributed by atoms with van der Waals surface area (Å²) >= 11 is 6.12. The summed E-state index contributed by atoms with van der Waals surface area (Å²) in [6, 6.07) is 5.98. The molecule has 3 heterocycles. The number of halogens is 1. The van der Waals surface area contributed by atoms with Gasteiger partial charge in [-0.1, -0.05) is 11.6 Å². The first kappa shape index (κ1) is 15.0. The van der Waals surface area contributed by atoms with E-state index >= 15 is 0 Å². The highest BCUT2D eigenvalue weighted by Gasteiger charge is 2.28. The molecule has 4 rings (SSSR count). The fourth-order valence-corrected chi connectivity index (χ4v) is 3.84. The molecule has 2 aliphatic heterocycles. The summed E-state index contributed by atoms with van der Waals surface area (Å²) in [7, 11) is 0. The van der Waals surface area contributed by atoms with Crippen LogP contribution in [0, 0.1) is 6.92 Å². The number of anilines is 1. The van der Waals surface area contributed by atoms with Crippen molar-refractivity contribution < 1.29 is 4.74 Å². The van der Waals surface area contributed by atoms with Crippen molar-refractivity contribution in [1.29, 1.82) is 0 Å². The van der Waals surface area contributed by atoms with E-state index in [2.05, 4.69) is 23.0 Å². The Kier molecular flexibility index (Phi) is 4.04. The maximum Gasteiger partial charge on any atom is 0.133 e. The molecular formula is C18H22ClN3O. The Balaban J connectivity index is 1.85. The van der Waals surface area contributed by atoms with Gasteiger partial charge >= 0.3 is 0 Å². The summed E-state index contributed by atoms with van der Waals surface area (Å²) in [4.78, 5) is 0. The normalized spacial score (nSPS) is 20.9. The lowest BCUT2D eigenvalue weighted by Crippen LogP contribution is -2.08. The minimum absolute atomic E-state index is 0.150. The molecule has 1 fully saturated rings. The smallest absolute Gasteiger partial charge is 0.133 e. The molecule has 1 N–H and O–H groups in total. The second-order valence-corrected chi connectivity index (χ2v) is 6.88. The van der Waals surface area contributed by atoms with Gasteiger partial charge in [0.15, 0.2) is 0 Å². The number of ether oxygens (including phenoxy) is 1. The molecule has 1 atom stereocenters. The predicted octanol–water partition coefficient (Wildman–Crippen LogP) is 4.43. The number of rotatable bonds is 2. The second-order valence-electron chi connectivity index (χ2n) is 6.44. The Labute approximate surface area is 141 Å². The summed E-state index contributed by atoms with van der Waals surface area (Å²) in [6.45, 7) is 3.92. The second kappa shape index (κ2) is 6.17. The average molecular weight is 332 g/mol. The molecule has 1 aromatic carbocycles. The molecule has 122 valence electrons. The molecule has 0 amide bonds. The maximum atomic E-state index is 6.12. The van der Waals surface area contributed by atoms with Crippen molar-refractivity contribution in [2.45, 2.75) is 45.1 Å². The number of nitrogens with one attached hydrogen (secondary N) is 1. The van der Waals surface area contributed by atoms with Crippen LogP contribution in [-0.4, -0.2) is 22.9 Å². The monoisotopic (exact) mass is 331 g/mol. The van der Waals surface area contributed by atoms with E-state index < -0.39 is 0 Å². The van der Waals surface area contributed by atoms with Gasteiger partial charge in [0, 0.05) is 23.7 Å². The standard InChI is InChI=1S/C18H22ClN3O/c1-12-11-13(19)7-8-15(12)22-18-14(5-2-3-9-20-18)17(21-22)16-6-4-10-23-16/h7-8,11,16,20H,2-6,9-10H2,1H3. The topological polar surface area (TPSA) is 39.1 Å². The maximum absolute atomic E-state index is 6.12. The zero-order valence-electron chi connectivity index (χ0n) is 13.4. The molecule has 0 radical (unpaired) electrons. The third kappa shape index (κ3) is 2.74. The highest BCUT2D eigenvalue weighted by atomic mass is 35.5. The molecule has 1 aromatic heterocycles. The first-order valence-corrected chi connectivity index (χ1v) is 8.85. The summed E-state index contributed by atoms with van der Waals surface area (Å²) in [6.07, 6.45) is 5.81. The van der Waals surface area contributed by atoms with Gasteiger partial charge in [-0.25, -0.2) is 4.68 Å². The van der Waals surface area contributed by atoms with Crippen molar-refractivity contribution >= 4 is 17.4 Å². The number of hydrogen-bond acceptors (Lipinski definition) is 3. The van der Waals surface area contributed by atoms with Crippen molar-refractivity contribution in [3.05, 3.63) is 40.0 Å². The lowest BCUT2D eigenvalue weighted by atomic mass is 10.0. The van der Waals surface area contributed by atoms with Crippen LogP contribution in [0.3, 0.4) is 0 Å². The van der Waals surface area contributed by atoms with Crippen LogP contribution < -0.4 is 5.32 Å². The minimum Gasteiger partial charge on any atom is -0.372 e. The van der Waals surface area contributed by atoms with E-state index in [-0.39, 0.29) is 6.10 Å². The van der Waals surface area contributed by atoms with Gasteiger partial charge < -0.3 is 10.1 Å². The van der Waals surface area contributed by atoms with Crippen molar-refractivity contribution in [3.63, 3.8) is 0 Å². The van der Waals surface area contributed by atoms with Crippen LogP contribution in [0.4, 0.5) is 5.82 Å². The molecule has 2 aromatic rings. The molecule has 0 aliphatic carbocycles. The molecular weight excluding hydrogens is 310 g/mol. The highest BCUT2D eigenvalue weighted by molar-refractivity contribution is 6.30. The molecule has 0 saturated carbocycles. The third-order valence-electron chi connectivity index (χ3n) is 4.78. The van der Waals surface area contributed by atoms with Crippen molar-refractivity contribution in [1.82, 2.24) is 9.78 Å². The van der Waals surface area contributed by atoms with E-state index in [0.717, 1.165) is 60.2 Å². The largest absolute Gasteiger partial charge is 0.372 e. The molecule has 0 bridgehead atoms. The van der Waals surface area contributed by atoms with Crippen molar-refractivity contribution in [2.75, 3.05) is 18.5 Å². The molecule has 4 nitrogen and oxygen atoms in total. The van der Waals surface area contributed by atoms with Crippen LogP contribution in [0.15, 0.2) is 18.2 Å². The van der Waals surface area contributed by atoms with Gasteiger partial charge in [0.25, 0.3) is 0 Å². The van der Waals surface area contributed by atoms with E-state index in [0.29, 0.717) is 0 Å². The Morgan fingerprint density at radius 2 is 2.22 bits per heavy atom. The van der Waals surface area contributed by atoms with E-state index in [4.69, 9.17) is 21.4 Å². The van der Waals surface area contributed by atoms with E-state index in [1.807, 2.05) is 12.1 Å². The number of aryl methyl sites for hydroxylation is 1. The molecule has 0 spiro atoms. The zero-order chi connectivity index (χ0) is 15.8. The molecule has 5 heteroatoms. The number of benzene rings is 1. The number of hydrogen-bond donors (Lipinski definition) is 1. The lowest BCUT2D eigenvalue weighted by Gasteiger charge is -2.11. The summed E-state index contributed by atoms with van der Waals surface area (Å²) in [5.41, 5.74) is 4.68. The van der Waals surface area contributed by atoms with Crippen LogP contribution in [0.2, 0.25) is 5.02 Å². The molecule has 1 saturated heterocycles. The van der Waals surface area contributed by atoms with Crippen molar-refractivity contribution in [3.8, 4) is 5.69 Å². The number of aromatic nitrogens is 2. The zero-order valence-corrected chi connectivity index (χ0v) is 14.2. The van der Waals surface area contributed by atoms with Crippen LogP contribution in [0.1, 0.15) is 48.6 Å². The van der Waals surface area contributed by atoms with Gasteiger partial charge in [0.1, 0.15) is 11.9 Å². The predicted molar refractivity (Wildman–Crippen MR) is 92.7 cm³/mol. The van der Waals surface area contributed by atoms with Gasteiger partial charge in [0.05, 0.1) is 11.4 Å². The van der Waals surface area contributed by atoms with Crippen LogP contribution in [-0.2, 0) is 11.2 Å². The van der Waals surface area contributed by atoms with Gasteiger partial charge in [-0.15, -0.1) is 0 Å². The Morgan fingerprint density at radius 3 is 3.00 bits per heavy atom. The SMILES string of the molecule is Cc1cc(Cl)ccc1-n1nc(C2CCCO2)c2c1NCCCC2. The lowest BCUT2D eigenvalue weighted by molar-refractivity contribution is 0.107. The molecule has 1 unspecified atom stereocenters. The van der Waals surface area contributed by atoms with Crippen LogP contribution in [0.5, 0.6) is 0 Å². The van der Waals surface area contributed by atoms with Crippen molar-refractivity contribution in [2.24, 2.45) is 0 Å². The number of fused-ring (bicyclic) bond motifs is 1. The number of nitrogens with zero attached hydrogens (tertiary/aromatic N) is 2. The van der Waals surface area contributed by atoms with Gasteiger partial charge in [0.2, 0.25) is 0 Å². The first-order chi connectivity index (χ1) is 11.2. The van der Waals surface area contributed by atoms with Gasteiger partial charge in [-0.05, 0) is 62.8 Å². The average Bonchev–Trinajstić information content (AvgIpc) is 3.10. The van der Waals surface area contributed by atoms with E-state index in [1.165, 1.54) is 18.4 Å². The van der Waals surface area contributed by atoms with E-state index in [9.17, 15) is 0 Å². The minimum atomic E-state index is 0.150. The summed E-state index contributed by atoms with van der Waals surface area (Å²) in [5.74, 6) is 1.14. The highest BCUT2D eigenvalue weighted by Crippen LogP contribution is 2.37. The quantitative estimate of drug-likeness (QED) is 0.884. The summed E-state index contributed by atoms with van der Waals surface area (Å²) in [5, 5.41) is 9.31. The van der Waals surface area contributed by atoms with Gasteiger partial charge in [-0.3, -0.25) is 0 Å². The Hall–Kier alpha value is -1.52.